The summed E-state index contributed by atoms with van der Waals surface area (Å²) in [5.74, 6) is 0.619. The van der Waals surface area contributed by atoms with Gasteiger partial charge in [0, 0.05) is 7.11 Å². The van der Waals surface area contributed by atoms with Gasteiger partial charge in [0.2, 0.25) is 0 Å². The standard InChI is InChI=1S/C17H27NO/c1-12-8-7-11-15(13(12)2)16(18)17(19-3)14-9-5-4-6-10-14/h7-8,11,14,16-17H,4-6,9-10,18H2,1-3H3. The van der Waals surface area contributed by atoms with Crippen LogP contribution in [0.3, 0.4) is 0 Å². The fraction of sp³-hybridized carbons (Fsp3) is 0.647. The normalized spacial score (nSPS) is 20.2. The molecule has 0 saturated heterocycles. The molecule has 1 aliphatic rings. The molecule has 1 aromatic carbocycles. The number of hydrogen-bond donors (Lipinski definition) is 1. The summed E-state index contributed by atoms with van der Waals surface area (Å²) in [6.45, 7) is 4.31. The van der Waals surface area contributed by atoms with Gasteiger partial charge in [-0.25, -0.2) is 0 Å². The summed E-state index contributed by atoms with van der Waals surface area (Å²) in [6.07, 6.45) is 6.69. The third kappa shape index (κ3) is 3.18. The van der Waals surface area contributed by atoms with Crippen LogP contribution >= 0.6 is 0 Å². The van der Waals surface area contributed by atoms with Crippen LogP contribution in [0, 0.1) is 19.8 Å². The predicted molar refractivity (Wildman–Crippen MR) is 80.2 cm³/mol. The molecule has 0 radical (unpaired) electrons. The minimum atomic E-state index is -0.00648. The Morgan fingerprint density at radius 2 is 1.84 bits per heavy atom. The Morgan fingerprint density at radius 1 is 1.16 bits per heavy atom. The molecule has 0 aromatic heterocycles. The second kappa shape index (κ2) is 6.53. The molecule has 0 spiro atoms. The maximum atomic E-state index is 6.53. The van der Waals surface area contributed by atoms with E-state index in [-0.39, 0.29) is 12.1 Å². The molecule has 2 heteroatoms. The maximum Gasteiger partial charge on any atom is 0.0791 e. The highest BCUT2D eigenvalue weighted by atomic mass is 16.5. The second-order valence-corrected chi connectivity index (χ2v) is 5.91. The van der Waals surface area contributed by atoms with Gasteiger partial charge in [0.15, 0.2) is 0 Å². The Hall–Kier alpha value is -0.860. The number of ether oxygens (including phenoxy) is 1. The van der Waals surface area contributed by atoms with Crippen molar-refractivity contribution in [2.45, 2.75) is 58.1 Å². The SMILES string of the molecule is COC(C1CCCCC1)C(N)c1cccc(C)c1C. The lowest BCUT2D eigenvalue weighted by Gasteiger charge is -2.34. The van der Waals surface area contributed by atoms with E-state index in [1.807, 2.05) is 7.11 Å². The van der Waals surface area contributed by atoms with Crippen molar-refractivity contribution >= 4 is 0 Å². The average molecular weight is 261 g/mol. The van der Waals surface area contributed by atoms with E-state index in [4.69, 9.17) is 10.5 Å². The number of aryl methyl sites for hydroxylation is 1. The molecule has 2 N–H and O–H groups in total. The molecule has 2 rings (SSSR count). The molecule has 1 fully saturated rings. The molecule has 1 aromatic rings. The van der Waals surface area contributed by atoms with Crippen LogP contribution in [0.2, 0.25) is 0 Å². The van der Waals surface area contributed by atoms with Crippen LogP contribution in [0.1, 0.15) is 54.8 Å². The smallest absolute Gasteiger partial charge is 0.0791 e. The van der Waals surface area contributed by atoms with E-state index in [0.29, 0.717) is 5.92 Å². The lowest BCUT2D eigenvalue weighted by molar-refractivity contribution is 0.0171. The van der Waals surface area contributed by atoms with Crippen LogP contribution in [0.15, 0.2) is 18.2 Å². The molecule has 106 valence electrons. The molecule has 2 nitrogen and oxygen atoms in total. The summed E-state index contributed by atoms with van der Waals surface area (Å²) < 4.78 is 5.78. The molecular weight excluding hydrogens is 234 g/mol. The molecule has 0 bridgehead atoms. The molecular formula is C17H27NO. The van der Waals surface area contributed by atoms with Crippen LogP contribution in [0.4, 0.5) is 0 Å². The van der Waals surface area contributed by atoms with E-state index in [1.165, 1.54) is 48.8 Å². The molecule has 0 amide bonds. The Bertz CT molecular complexity index is 410. The van der Waals surface area contributed by atoms with Crippen molar-refractivity contribution < 1.29 is 4.74 Å². The Labute approximate surface area is 117 Å². The quantitative estimate of drug-likeness (QED) is 0.892. The van der Waals surface area contributed by atoms with Crippen LogP contribution in [0.5, 0.6) is 0 Å². The van der Waals surface area contributed by atoms with E-state index >= 15 is 0 Å². The van der Waals surface area contributed by atoms with Gasteiger partial charge in [0.1, 0.15) is 0 Å². The number of methoxy groups -OCH3 is 1. The first kappa shape index (κ1) is 14.5. The van der Waals surface area contributed by atoms with Crippen molar-refractivity contribution in [3.8, 4) is 0 Å². The molecule has 19 heavy (non-hydrogen) atoms. The van der Waals surface area contributed by atoms with Crippen LogP contribution < -0.4 is 5.73 Å². The van der Waals surface area contributed by atoms with Gasteiger partial charge in [-0.1, -0.05) is 37.5 Å². The van der Waals surface area contributed by atoms with E-state index in [9.17, 15) is 0 Å². The summed E-state index contributed by atoms with van der Waals surface area (Å²) in [7, 11) is 1.81. The van der Waals surface area contributed by atoms with Gasteiger partial charge in [-0.3, -0.25) is 0 Å². The first-order chi connectivity index (χ1) is 9.15. The largest absolute Gasteiger partial charge is 0.379 e. The number of hydrogen-bond acceptors (Lipinski definition) is 2. The van der Waals surface area contributed by atoms with E-state index in [1.54, 1.807) is 0 Å². The molecule has 0 heterocycles. The topological polar surface area (TPSA) is 35.2 Å². The maximum absolute atomic E-state index is 6.53. The monoisotopic (exact) mass is 261 g/mol. The highest BCUT2D eigenvalue weighted by molar-refractivity contribution is 5.35. The summed E-state index contributed by atoms with van der Waals surface area (Å²) in [5.41, 5.74) is 10.4. The summed E-state index contributed by atoms with van der Waals surface area (Å²) >= 11 is 0. The van der Waals surface area contributed by atoms with Gasteiger partial charge in [0.25, 0.3) is 0 Å². The van der Waals surface area contributed by atoms with Gasteiger partial charge in [-0.15, -0.1) is 0 Å². The molecule has 2 atom stereocenters. The van der Waals surface area contributed by atoms with Crippen molar-refractivity contribution in [3.63, 3.8) is 0 Å². The Kier molecular flexibility index (Phi) is 5.00. The second-order valence-electron chi connectivity index (χ2n) is 5.91. The van der Waals surface area contributed by atoms with Gasteiger partial charge < -0.3 is 10.5 Å². The summed E-state index contributed by atoms with van der Waals surface area (Å²) in [6, 6.07) is 6.40. The van der Waals surface area contributed by atoms with Crippen molar-refractivity contribution in [1.82, 2.24) is 0 Å². The van der Waals surface area contributed by atoms with Crippen molar-refractivity contribution in [2.24, 2.45) is 11.7 Å². The number of benzene rings is 1. The van der Waals surface area contributed by atoms with Gasteiger partial charge in [-0.05, 0) is 49.3 Å². The molecule has 1 aliphatic carbocycles. The minimum Gasteiger partial charge on any atom is -0.379 e. The average Bonchev–Trinajstić information content (AvgIpc) is 2.44. The van der Waals surface area contributed by atoms with Crippen molar-refractivity contribution in [2.75, 3.05) is 7.11 Å². The summed E-state index contributed by atoms with van der Waals surface area (Å²) in [5, 5.41) is 0. The number of nitrogens with two attached hydrogens (primary N) is 1. The zero-order valence-corrected chi connectivity index (χ0v) is 12.5. The fourth-order valence-electron chi connectivity index (χ4n) is 3.41. The summed E-state index contributed by atoms with van der Waals surface area (Å²) in [4.78, 5) is 0. The van der Waals surface area contributed by atoms with Crippen molar-refractivity contribution in [1.29, 1.82) is 0 Å². The first-order valence-electron chi connectivity index (χ1n) is 7.49. The highest BCUT2D eigenvalue weighted by Gasteiger charge is 2.30. The first-order valence-corrected chi connectivity index (χ1v) is 7.49. The number of rotatable bonds is 4. The molecule has 1 saturated carbocycles. The van der Waals surface area contributed by atoms with Gasteiger partial charge >= 0.3 is 0 Å². The Morgan fingerprint density at radius 3 is 2.47 bits per heavy atom. The molecule has 0 aliphatic heterocycles. The lowest BCUT2D eigenvalue weighted by atomic mass is 9.80. The predicted octanol–water partition coefficient (Wildman–Crippen LogP) is 3.90. The van der Waals surface area contributed by atoms with E-state index in [0.717, 1.165) is 0 Å². The zero-order valence-electron chi connectivity index (χ0n) is 12.5. The van der Waals surface area contributed by atoms with Gasteiger partial charge in [-0.2, -0.15) is 0 Å². The van der Waals surface area contributed by atoms with Crippen LogP contribution in [-0.2, 0) is 4.74 Å². The Balaban J connectivity index is 2.19. The van der Waals surface area contributed by atoms with Crippen LogP contribution in [-0.4, -0.2) is 13.2 Å². The minimum absolute atomic E-state index is 0.00648. The zero-order chi connectivity index (χ0) is 13.8. The fourth-order valence-corrected chi connectivity index (χ4v) is 3.41. The van der Waals surface area contributed by atoms with E-state index in [2.05, 4.69) is 32.0 Å². The van der Waals surface area contributed by atoms with Crippen molar-refractivity contribution in [3.05, 3.63) is 34.9 Å². The van der Waals surface area contributed by atoms with Crippen LogP contribution in [0.25, 0.3) is 0 Å². The third-order valence-corrected chi connectivity index (χ3v) is 4.75. The van der Waals surface area contributed by atoms with Gasteiger partial charge in [0.05, 0.1) is 12.1 Å². The third-order valence-electron chi connectivity index (χ3n) is 4.75. The van der Waals surface area contributed by atoms with E-state index < -0.39 is 0 Å². The highest BCUT2D eigenvalue weighted by Crippen LogP contribution is 2.34. The molecule has 2 unspecified atom stereocenters. The lowest BCUT2D eigenvalue weighted by Crippen LogP contribution is -2.36.